The molecule has 1 heterocycles. The molecule has 0 unspecified atom stereocenters. The summed E-state index contributed by atoms with van der Waals surface area (Å²) in [5, 5.41) is 0. The monoisotopic (exact) mass is 236 g/mol. The average molecular weight is 236 g/mol. The zero-order valence-corrected chi connectivity index (χ0v) is 11.4. The van der Waals surface area contributed by atoms with E-state index in [1.54, 1.807) is 0 Å². The van der Waals surface area contributed by atoms with Gasteiger partial charge in [-0.1, -0.05) is 19.8 Å². The van der Waals surface area contributed by atoms with Crippen molar-refractivity contribution >= 4 is 0 Å². The SMILES string of the molecule is CCCCCn1c(C)ccc(C(C)(C)N)c1=O. The molecule has 0 spiro atoms. The second-order valence-electron chi connectivity index (χ2n) is 5.27. The molecule has 1 rings (SSSR count). The number of rotatable bonds is 5. The van der Waals surface area contributed by atoms with Crippen molar-refractivity contribution in [2.45, 2.75) is 59.0 Å². The first-order valence-electron chi connectivity index (χ1n) is 6.37. The van der Waals surface area contributed by atoms with Gasteiger partial charge in [-0.15, -0.1) is 0 Å². The molecular formula is C14H24N2O. The van der Waals surface area contributed by atoms with E-state index in [9.17, 15) is 4.79 Å². The van der Waals surface area contributed by atoms with Gasteiger partial charge >= 0.3 is 0 Å². The zero-order chi connectivity index (χ0) is 13.1. The number of aromatic nitrogens is 1. The van der Waals surface area contributed by atoms with Gasteiger partial charge in [0.25, 0.3) is 5.56 Å². The highest BCUT2D eigenvalue weighted by Gasteiger charge is 2.19. The van der Waals surface area contributed by atoms with Gasteiger partial charge in [-0.2, -0.15) is 0 Å². The minimum atomic E-state index is -0.572. The van der Waals surface area contributed by atoms with Gasteiger partial charge in [0.05, 0.1) is 0 Å². The van der Waals surface area contributed by atoms with Crippen molar-refractivity contribution in [1.29, 1.82) is 0 Å². The van der Waals surface area contributed by atoms with E-state index < -0.39 is 5.54 Å². The summed E-state index contributed by atoms with van der Waals surface area (Å²) < 4.78 is 1.85. The Kier molecular flexibility index (Phi) is 4.52. The van der Waals surface area contributed by atoms with E-state index in [0.717, 1.165) is 31.5 Å². The summed E-state index contributed by atoms with van der Waals surface area (Å²) in [6, 6.07) is 3.84. The van der Waals surface area contributed by atoms with Crippen LogP contribution >= 0.6 is 0 Å². The predicted molar refractivity (Wildman–Crippen MR) is 72.2 cm³/mol. The van der Waals surface area contributed by atoms with Crippen LogP contribution in [0.4, 0.5) is 0 Å². The van der Waals surface area contributed by atoms with Crippen molar-refractivity contribution in [1.82, 2.24) is 4.57 Å². The molecule has 0 saturated heterocycles. The molecule has 96 valence electrons. The molecule has 0 aliphatic carbocycles. The molecule has 0 saturated carbocycles. The summed E-state index contributed by atoms with van der Waals surface area (Å²) in [4.78, 5) is 12.3. The summed E-state index contributed by atoms with van der Waals surface area (Å²) >= 11 is 0. The van der Waals surface area contributed by atoms with E-state index in [4.69, 9.17) is 5.73 Å². The van der Waals surface area contributed by atoms with Crippen molar-refractivity contribution in [2.75, 3.05) is 0 Å². The van der Waals surface area contributed by atoms with Crippen LogP contribution in [0.1, 0.15) is 51.3 Å². The minimum Gasteiger partial charge on any atom is -0.322 e. The van der Waals surface area contributed by atoms with E-state index in [0.29, 0.717) is 5.56 Å². The molecule has 0 radical (unpaired) electrons. The second-order valence-corrected chi connectivity index (χ2v) is 5.27. The van der Waals surface area contributed by atoms with Gasteiger partial charge in [0, 0.05) is 23.3 Å². The van der Waals surface area contributed by atoms with Gasteiger partial charge in [-0.3, -0.25) is 4.79 Å². The summed E-state index contributed by atoms with van der Waals surface area (Å²) in [6.45, 7) is 8.67. The lowest BCUT2D eigenvalue weighted by Crippen LogP contribution is -2.38. The maximum absolute atomic E-state index is 12.3. The molecule has 2 N–H and O–H groups in total. The Hall–Kier alpha value is -1.09. The average Bonchev–Trinajstić information content (AvgIpc) is 2.21. The van der Waals surface area contributed by atoms with Crippen molar-refractivity contribution in [3.05, 3.63) is 33.7 Å². The third-order valence-corrected chi connectivity index (χ3v) is 3.07. The molecule has 0 aromatic carbocycles. The highest BCUT2D eigenvalue weighted by molar-refractivity contribution is 5.21. The molecule has 0 bridgehead atoms. The van der Waals surface area contributed by atoms with Crippen LogP contribution in [0.15, 0.2) is 16.9 Å². The summed E-state index contributed by atoms with van der Waals surface area (Å²) in [5.74, 6) is 0. The van der Waals surface area contributed by atoms with Gasteiger partial charge < -0.3 is 10.3 Å². The molecule has 3 nitrogen and oxygen atoms in total. The Balaban J connectivity index is 3.08. The molecule has 0 fully saturated rings. The van der Waals surface area contributed by atoms with Gasteiger partial charge in [-0.05, 0) is 39.3 Å². The van der Waals surface area contributed by atoms with E-state index in [1.165, 1.54) is 0 Å². The third kappa shape index (κ3) is 3.43. The molecule has 1 aromatic rings. The van der Waals surface area contributed by atoms with Gasteiger partial charge in [0.15, 0.2) is 0 Å². The standard InChI is InChI=1S/C14H24N2O/c1-5-6-7-10-16-11(2)8-9-12(13(16)17)14(3,4)15/h8-9H,5-7,10,15H2,1-4H3. The first-order valence-corrected chi connectivity index (χ1v) is 6.37. The first kappa shape index (κ1) is 14.0. The van der Waals surface area contributed by atoms with Crippen LogP contribution in [-0.4, -0.2) is 4.57 Å². The number of hydrogen-bond acceptors (Lipinski definition) is 2. The molecule has 0 atom stereocenters. The van der Waals surface area contributed by atoms with Crippen molar-refractivity contribution < 1.29 is 0 Å². The summed E-state index contributed by atoms with van der Waals surface area (Å²) in [7, 11) is 0. The fraction of sp³-hybridized carbons (Fsp3) is 0.643. The Labute approximate surface area is 104 Å². The number of aryl methyl sites for hydroxylation is 1. The number of pyridine rings is 1. The summed E-state index contributed by atoms with van der Waals surface area (Å²) in [5.41, 5.74) is 7.22. The van der Waals surface area contributed by atoms with Crippen LogP contribution in [0, 0.1) is 6.92 Å². The number of unbranched alkanes of at least 4 members (excludes halogenated alkanes) is 2. The van der Waals surface area contributed by atoms with Crippen LogP contribution in [0.2, 0.25) is 0 Å². The Morgan fingerprint density at radius 1 is 1.29 bits per heavy atom. The van der Waals surface area contributed by atoms with E-state index in [2.05, 4.69) is 6.92 Å². The predicted octanol–water partition coefficient (Wildman–Crippen LogP) is 2.54. The molecule has 1 aromatic heterocycles. The van der Waals surface area contributed by atoms with E-state index in [1.807, 2.05) is 37.5 Å². The largest absolute Gasteiger partial charge is 0.322 e. The number of nitrogens with zero attached hydrogens (tertiary/aromatic N) is 1. The highest BCUT2D eigenvalue weighted by Crippen LogP contribution is 2.13. The molecule has 0 aliphatic rings. The van der Waals surface area contributed by atoms with Crippen LogP contribution in [-0.2, 0) is 12.1 Å². The Bertz CT molecular complexity index is 427. The van der Waals surface area contributed by atoms with Crippen LogP contribution in [0.25, 0.3) is 0 Å². The topological polar surface area (TPSA) is 48.0 Å². The molecule has 3 heteroatoms. The minimum absolute atomic E-state index is 0.0635. The van der Waals surface area contributed by atoms with Gasteiger partial charge in [-0.25, -0.2) is 0 Å². The van der Waals surface area contributed by atoms with Gasteiger partial charge in [0.2, 0.25) is 0 Å². The highest BCUT2D eigenvalue weighted by atomic mass is 16.1. The molecule has 0 amide bonds. The number of nitrogens with two attached hydrogens (primary N) is 1. The molecular weight excluding hydrogens is 212 g/mol. The Morgan fingerprint density at radius 2 is 1.94 bits per heavy atom. The van der Waals surface area contributed by atoms with Crippen LogP contribution in [0.5, 0.6) is 0 Å². The first-order chi connectivity index (χ1) is 7.88. The fourth-order valence-electron chi connectivity index (χ4n) is 1.96. The summed E-state index contributed by atoms with van der Waals surface area (Å²) in [6.07, 6.45) is 3.36. The second kappa shape index (κ2) is 5.50. The lowest BCUT2D eigenvalue weighted by atomic mass is 9.97. The van der Waals surface area contributed by atoms with Crippen molar-refractivity contribution in [3.63, 3.8) is 0 Å². The smallest absolute Gasteiger partial charge is 0.255 e. The molecule has 17 heavy (non-hydrogen) atoms. The normalized spacial score (nSPS) is 11.8. The maximum Gasteiger partial charge on any atom is 0.255 e. The van der Waals surface area contributed by atoms with E-state index >= 15 is 0 Å². The number of hydrogen-bond donors (Lipinski definition) is 1. The Morgan fingerprint density at radius 3 is 2.47 bits per heavy atom. The van der Waals surface area contributed by atoms with E-state index in [-0.39, 0.29) is 5.56 Å². The molecule has 0 aliphatic heterocycles. The third-order valence-electron chi connectivity index (χ3n) is 3.07. The zero-order valence-electron chi connectivity index (χ0n) is 11.4. The lowest BCUT2D eigenvalue weighted by Gasteiger charge is -2.20. The quantitative estimate of drug-likeness (QED) is 0.799. The van der Waals surface area contributed by atoms with Crippen LogP contribution in [0.3, 0.4) is 0 Å². The van der Waals surface area contributed by atoms with Crippen molar-refractivity contribution in [3.8, 4) is 0 Å². The lowest BCUT2D eigenvalue weighted by molar-refractivity contribution is 0.518. The van der Waals surface area contributed by atoms with Gasteiger partial charge in [0.1, 0.15) is 0 Å². The van der Waals surface area contributed by atoms with Crippen molar-refractivity contribution in [2.24, 2.45) is 5.73 Å². The fourth-order valence-corrected chi connectivity index (χ4v) is 1.96. The maximum atomic E-state index is 12.3. The van der Waals surface area contributed by atoms with Crippen LogP contribution < -0.4 is 11.3 Å².